The molecule has 1 aromatic carbocycles. The van der Waals surface area contributed by atoms with Crippen LogP contribution in [0.4, 0.5) is 5.88 Å². The number of nitrogens with two attached hydrogens (primary N) is 1. The molecule has 1 aliphatic rings. The lowest BCUT2D eigenvalue weighted by Crippen LogP contribution is -1.92. The number of benzene rings is 1. The van der Waals surface area contributed by atoms with Crippen LogP contribution in [0.15, 0.2) is 47.2 Å². The molecule has 0 atom stereocenters. The molecule has 0 saturated carbocycles. The zero-order chi connectivity index (χ0) is 14.2. The first kappa shape index (κ1) is 11.8. The Hall–Kier alpha value is -3.02. The van der Waals surface area contributed by atoms with Crippen molar-refractivity contribution in [1.82, 2.24) is 10.1 Å². The lowest BCUT2D eigenvalue weighted by molar-refractivity contribution is 0.174. The van der Waals surface area contributed by atoms with Crippen LogP contribution in [0, 0.1) is 0 Å². The summed E-state index contributed by atoms with van der Waals surface area (Å²) in [4.78, 5) is 4.00. The molecule has 3 aromatic rings. The van der Waals surface area contributed by atoms with Crippen molar-refractivity contribution in [2.75, 3.05) is 12.5 Å². The van der Waals surface area contributed by atoms with E-state index in [0.717, 1.165) is 22.4 Å². The van der Waals surface area contributed by atoms with Gasteiger partial charge in [0.05, 0.1) is 5.56 Å². The maximum atomic E-state index is 5.94. The Morgan fingerprint density at radius 1 is 0.952 bits per heavy atom. The molecule has 2 aromatic heterocycles. The van der Waals surface area contributed by atoms with Gasteiger partial charge in [-0.3, -0.25) is 4.98 Å². The lowest BCUT2D eigenvalue weighted by atomic mass is 10.0. The smallest absolute Gasteiger partial charge is 0.231 e. The summed E-state index contributed by atoms with van der Waals surface area (Å²) in [6.07, 6.45) is 3.40. The molecular formula is C15H11N3O3. The Morgan fingerprint density at radius 2 is 1.76 bits per heavy atom. The molecule has 0 unspecified atom stereocenters. The molecule has 0 radical (unpaired) electrons. The van der Waals surface area contributed by atoms with Crippen LogP contribution in [0.2, 0.25) is 0 Å². The van der Waals surface area contributed by atoms with E-state index in [2.05, 4.69) is 10.1 Å². The predicted octanol–water partition coefficient (Wildman–Crippen LogP) is 2.71. The van der Waals surface area contributed by atoms with Crippen LogP contribution in [-0.4, -0.2) is 16.9 Å². The number of nitrogen functional groups attached to an aromatic ring is 1. The first-order valence-corrected chi connectivity index (χ1v) is 6.38. The monoisotopic (exact) mass is 281 g/mol. The van der Waals surface area contributed by atoms with Gasteiger partial charge in [0.15, 0.2) is 11.5 Å². The van der Waals surface area contributed by atoms with Crippen molar-refractivity contribution in [2.24, 2.45) is 0 Å². The zero-order valence-electron chi connectivity index (χ0n) is 10.9. The van der Waals surface area contributed by atoms with Gasteiger partial charge in [-0.2, -0.15) is 0 Å². The van der Waals surface area contributed by atoms with E-state index in [9.17, 15) is 0 Å². The molecule has 0 spiro atoms. The van der Waals surface area contributed by atoms with Crippen molar-refractivity contribution in [2.45, 2.75) is 0 Å². The number of fused-ring (bicyclic) bond motifs is 1. The number of hydrogen-bond donors (Lipinski definition) is 1. The third-order valence-electron chi connectivity index (χ3n) is 3.33. The third-order valence-corrected chi connectivity index (χ3v) is 3.33. The number of rotatable bonds is 2. The molecule has 6 nitrogen and oxygen atoms in total. The van der Waals surface area contributed by atoms with E-state index in [1.165, 1.54) is 0 Å². The summed E-state index contributed by atoms with van der Waals surface area (Å²) in [6, 6.07) is 9.33. The zero-order valence-corrected chi connectivity index (χ0v) is 10.9. The van der Waals surface area contributed by atoms with Gasteiger partial charge in [0.2, 0.25) is 12.7 Å². The Bertz CT molecular complexity index is 799. The van der Waals surface area contributed by atoms with Crippen LogP contribution >= 0.6 is 0 Å². The van der Waals surface area contributed by atoms with Gasteiger partial charge in [0.25, 0.3) is 0 Å². The second kappa shape index (κ2) is 4.52. The molecule has 2 N–H and O–H groups in total. The minimum absolute atomic E-state index is 0.231. The average molecular weight is 281 g/mol. The fourth-order valence-corrected chi connectivity index (χ4v) is 2.34. The van der Waals surface area contributed by atoms with Crippen molar-refractivity contribution in [3.05, 3.63) is 42.7 Å². The molecular weight excluding hydrogens is 270 g/mol. The standard InChI is InChI=1S/C15H11N3O3/c16-15-13(10-1-2-11-12(7-10)20-8-19-11)14(18-21-15)9-3-5-17-6-4-9/h1-7H,8,16H2. The van der Waals surface area contributed by atoms with E-state index in [1.54, 1.807) is 12.4 Å². The molecule has 0 fully saturated rings. The van der Waals surface area contributed by atoms with Crippen molar-refractivity contribution in [1.29, 1.82) is 0 Å². The molecule has 3 heterocycles. The molecule has 0 aliphatic carbocycles. The number of ether oxygens (including phenoxy) is 2. The summed E-state index contributed by atoms with van der Waals surface area (Å²) < 4.78 is 15.9. The quantitative estimate of drug-likeness (QED) is 0.777. The topological polar surface area (TPSA) is 83.4 Å². The molecule has 6 heteroatoms. The van der Waals surface area contributed by atoms with Crippen molar-refractivity contribution in [3.63, 3.8) is 0 Å². The van der Waals surface area contributed by atoms with Gasteiger partial charge >= 0.3 is 0 Å². The highest BCUT2D eigenvalue weighted by Crippen LogP contribution is 2.41. The molecule has 0 saturated heterocycles. The molecule has 0 bridgehead atoms. The van der Waals surface area contributed by atoms with E-state index in [1.807, 2.05) is 30.3 Å². The predicted molar refractivity (Wildman–Crippen MR) is 75.7 cm³/mol. The summed E-state index contributed by atoms with van der Waals surface area (Å²) in [5, 5.41) is 4.06. The van der Waals surface area contributed by atoms with Crippen LogP contribution in [-0.2, 0) is 0 Å². The van der Waals surface area contributed by atoms with Crippen LogP contribution < -0.4 is 15.2 Å². The molecule has 4 rings (SSSR count). The molecule has 1 aliphatic heterocycles. The van der Waals surface area contributed by atoms with Crippen LogP contribution in [0.5, 0.6) is 11.5 Å². The average Bonchev–Trinajstić information content (AvgIpc) is 3.13. The maximum Gasteiger partial charge on any atom is 0.231 e. The van der Waals surface area contributed by atoms with E-state index < -0.39 is 0 Å². The maximum absolute atomic E-state index is 5.94. The largest absolute Gasteiger partial charge is 0.454 e. The number of pyridine rings is 1. The van der Waals surface area contributed by atoms with Crippen LogP contribution in [0.3, 0.4) is 0 Å². The number of hydrogen-bond acceptors (Lipinski definition) is 6. The Labute approximate surface area is 120 Å². The van der Waals surface area contributed by atoms with Crippen molar-refractivity contribution < 1.29 is 14.0 Å². The number of aromatic nitrogens is 2. The second-order valence-electron chi connectivity index (χ2n) is 4.57. The SMILES string of the molecule is Nc1onc(-c2ccncc2)c1-c1ccc2c(c1)OCO2. The highest BCUT2D eigenvalue weighted by Gasteiger charge is 2.20. The molecule has 21 heavy (non-hydrogen) atoms. The highest BCUT2D eigenvalue weighted by atomic mass is 16.7. The van der Waals surface area contributed by atoms with Gasteiger partial charge in [-0.05, 0) is 29.8 Å². The fourth-order valence-electron chi connectivity index (χ4n) is 2.34. The Morgan fingerprint density at radius 3 is 2.62 bits per heavy atom. The third kappa shape index (κ3) is 1.88. The van der Waals surface area contributed by atoms with Crippen molar-refractivity contribution in [3.8, 4) is 33.9 Å². The summed E-state index contributed by atoms with van der Waals surface area (Å²) in [7, 11) is 0. The van der Waals surface area contributed by atoms with Gasteiger partial charge < -0.3 is 19.7 Å². The minimum atomic E-state index is 0.231. The Kier molecular flexibility index (Phi) is 2.53. The van der Waals surface area contributed by atoms with Gasteiger partial charge in [-0.15, -0.1) is 0 Å². The van der Waals surface area contributed by atoms with Gasteiger partial charge in [-0.1, -0.05) is 11.2 Å². The van der Waals surface area contributed by atoms with Crippen LogP contribution in [0.25, 0.3) is 22.4 Å². The lowest BCUT2D eigenvalue weighted by Gasteiger charge is -2.04. The first-order chi connectivity index (χ1) is 10.3. The van der Waals surface area contributed by atoms with Crippen molar-refractivity contribution >= 4 is 5.88 Å². The summed E-state index contributed by atoms with van der Waals surface area (Å²) in [5.74, 6) is 1.67. The van der Waals surface area contributed by atoms with Crippen LogP contribution in [0.1, 0.15) is 0 Å². The van der Waals surface area contributed by atoms with Gasteiger partial charge in [0, 0.05) is 18.0 Å². The summed E-state index contributed by atoms with van der Waals surface area (Å²) >= 11 is 0. The fraction of sp³-hybridized carbons (Fsp3) is 0.0667. The van der Waals surface area contributed by atoms with E-state index >= 15 is 0 Å². The number of nitrogens with zero attached hydrogens (tertiary/aromatic N) is 2. The normalized spacial score (nSPS) is 12.6. The van der Waals surface area contributed by atoms with E-state index in [-0.39, 0.29) is 12.7 Å². The van der Waals surface area contributed by atoms with E-state index in [0.29, 0.717) is 11.4 Å². The van der Waals surface area contributed by atoms with Gasteiger partial charge in [-0.25, -0.2) is 0 Å². The van der Waals surface area contributed by atoms with E-state index in [4.69, 9.17) is 19.7 Å². The van der Waals surface area contributed by atoms with Gasteiger partial charge in [0.1, 0.15) is 5.69 Å². The highest BCUT2D eigenvalue weighted by molar-refractivity contribution is 5.87. The Balaban J connectivity index is 1.87. The summed E-state index contributed by atoms with van der Waals surface area (Å²) in [6.45, 7) is 0.231. The first-order valence-electron chi connectivity index (χ1n) is 6.38. The number of anilines is 1. The molecule has 0 amide bonds. The summed E-state index contributed by atoms with van der Waals surface area (Å²) in [5.41, 5.74) is 9.10. The second-order valence-corrected chi connectivity index (χ2v) is 4.57. The minimum Gasteiger partial charge on any atom is -0.454 e. The molecule has 104 valence electrons.